The number of carbonyl (C=O) groups is 1. The first kappa shape index (κ1) is 14.1. The molecule has 3 N–H and O–H groups in total. The number of carbonyl (C=O) groups excluding carboxylic acids is 1. The van der Waals surface area contributed by atoms with Crippen molar-refractivity contribution in [1.29, 1.82) is 0 Å². The molecular formula is C12H16BrFN2O. The van der Waals surface area contributed by atoms with Crippen LogP contribution in [-0.4, -0.2) is 12.5 Å². The monoisotopic (exact) mass is 302 g/mol. The van der Waals surface area contributed by atoms with Gasteiger partial charge in [-0.2, -0.15) is 0 Å². The molecule has 3 nitrogen and oxygen atoms in total. The van der Waals surface area contributed by atoms with Crippen LogP contribution >= 0.6 is 15.9 Å². The topological polar surface area (TPSA) is 55.1 Å². The van der Waals surface area contributed by atoms with Crippen LogP contribution in [0.2, 0.25) is 0 Å². The molecule has 5 heteroatoms. The summed E-state index contributed by atoms with van der Waals surface area (Å²) < 4.78 is 13.6. The second-order valence-electron chi connectivity index (χ2n) is 3.84. The molecule has 1 aromatic carbocycles. The molecule has 0 aliphatic carbocycles. The summed E-state index contributed by atoms with van der Waals surface area (Å²) in [6.07, 6.45) is 2.14. The van der Waals surface area contributed by atoms with Crippen molar-refractivity contribution in [1.82, 2.24) is 5.32 Å². The summed E-state index contributed by atoms with van der Waals surface area (Å²) in [7, 11) is 0. The highest BCUT2D eigenvalue weighted by Gasteiger charge is 2.01. The number of hydrogen-bond acceptors (Lipinski definition) is 2. The molecule has 0 aliphatic heterocycles. The van der Waals surface area contributed by atoms with Gasteiger partial charge in [0.15, 0.2) is 0 Å². The molecule has 0 aliphatic rings. The molecule has 0 unspecified atom stereocenters. The standard InChI is InChI=1S/C12H16BrFN2O/c13-11-7-10(14)5-4-9(11)8-16-6-2-1-3-12(15)17/h4-5,7,16H,1-3,6,8H2,(H2,15,17). The number of unbranched alkanes of at least 4 members (excludes halogenated alkanes) is 1. The molecule has 0 aromatic heterocycles. The fourth-order valence-corrected chi connectivity index (χ4v) is 1.93. The molecule has 1 aromatic rings. The van der Waals surface area contributed by atoms with E-state index < -0.39 is 0 Å². The van der Waals surface area contributed by atoms with Gasteiger partial charge < -0.3 is 11.1 Å². The molecule has 0 fully saturated rings. The highest BCUT2D eigenvalue weighted by molar-refractivity contribution is 9.10. The number of rotatable bonds is 7. The van der Waals surface area contributed by atoms with Gasteiger partial charge >= 0.3 is 0 Å². The first-order valence-corrected chi connectivity index (χ1v) is 6.32. The van der Waals surface area contributed by atoms with Crippen LogP contribution in [0.5, 0.6) is 0 Å². The lowest BCUT2D eigenvalue weighted by atomic mass is 10.2. The van der Waals surface area contributed by atoms with Crippen molar-refractivity contribution in [2.24, 2.45) is 5.73 Å². The van der Waals surface area contributed by atoms with Crippen LogP contribution in [0.4, 0.5) is 4.39 Å². The Morgan fingerprint density at radius 2 is 2.18 bits per heavy atom. The predicted octanol–water partition coefficient (Wildman–Crippen LogP) is 2.33. The third kappa shape index (κ3) is 5.79. The van der Waals surface area contributed by atoms with E-state index in [0.717, 1.165) is 29.4 Å². The Balaban J connectivity index is 2.20. The van der Waals surface area contributed by atoms with Gasteiger partial charge in [-0.05, 0) is 37.1 Å². The highest BCUT2D eigenvalue weighted by Crippen LogP contribution is 2.17. The quantitative estimate of drug-likeness (QED) is 0.760. The average molecular weight is 303 g/mol. The molecule has 0 bridgehead atoms. The number of nitrogens with two attached hydrogens (primary N) is 1. The summed E-state index contributed by atoms with van der Waals surface area (Å²) in [5.41, 5.74) is 6.05. The van der Waals surface area contributed by atoms with Gasteiger partial charge in [-0.3, -0.25) is 4.79 Å². The first-order chi connectivity index (χ1) is 8.09. The van der Waals surface area contributed by atoms with Crippen molar-refractivity contribution in [3.8, 4) is 0 Å². The molecule has 1 rings (SSSR count). The zero-order valence-electron chi connectivity index (χ0n) is 9.51. The van der Waals surface area contributed by atoms with Gasteiger partial charge in [-0.1, -0.05) is 22.0 Å². The largest absolute Gasteiger partial charge is 0.370 e. The predicted molar refractivity (Wildman–Crippen MR) is 68.9 cm³/mol. The Hall–Kier alpha value is -0.940. The fourth-order valence-electron chi connectivity index (χ4n) is 1.44. The lowest BCUT2D eigenvalue weighted by molar-refractivity contribution is -0.118. The number of nitrogens with one attached hydrogen (secondary N) is 1. The number of benzene rings is 1. The average Bonchev–Trinajstić information content (AvgIpc) is 2.25. The fraction of sp³-hybridized carbons (Fsp3) is 0.417. The van der Waals surface area contributed by atoms with E-state index in [2.05, 4.69) is 21.2 Å². The Kier molecular flexibility index (Phi) is 6.15. The number of amides is 1. The molecule has 1 amide bonds. The third-order valence-electron chi connectivity index (χ3n) is 2.36. The minimum absolute atomic E-state index is 0.248. The van der Waals surface area contributed by atoms with Crippen molar-refractivity contribution >= 4 is 21.8 Å². The summed E-state index contributed by atoms with van der Waals surface area (Å²) in [5, 5.41) is 3.23. The number of primary amides is 1. The van der Waals surface area contributed by atoms with Crippen LogP contribution in [0.15, 0.2) is 22.7 Å². The van der Waals surface area contributed by atoms with Crippen molar-refractivity contribution in [2.75, 3.05) is 6.54 Å². The number of halogens is 2. The Bertz CT molecular complexity index is 385. The van der Waals surface area contributed by atoms with Crippen molar-refractivity contribution in [2.45, 2.75) is 25.8 Å². The molecule has 0 radical (unpaired) electrons. The van der Waals surface area contributed by atoms with Crippen molar-refractivity contribution in [3.05, 3.63) is 34.1 Å². The summed E-state index contributed by atoms with van der Waals surface area (Å²) in [4.78, 5) is 10.5. The first-order valence-electron chi connectivity index (χ1n) is 5.52. The second-order valence-corrected chi connectivity index (χ2v) is 4.69. The third-order valence-corrected chi connectivity index (χ3v) is 3.10. The van der Waals surface area contributed by atoms with Crippen LogP contribution < -0.4 is 11.1 Å². The van der Waals surface area contributed by atoms with Crippen molar-refractivity contribution < 1.29 is 9.18 Å². The lowest BCUT2D eigenvalue weighted by Gasteiger charge is -2.06. The molecule has 94 valence electrons. The van der Waals surface area contributed by atoms with E-state index in [0.29, 0.717) is 13.0 Å². The molecule has 0 spiro atoms. The van der Waals surface area contributed by atoms with E-state index in [1.54, 1.807) is 6.07 Å². The van der Waals surface area contributed by atoms with Gasteiger partial charge in [-0.25, -0.2) is 4.39 Å². The van der Waals surface area contributed by atoms with Crippen LogP contribution in [0.3, 0.4) is 0 Å². The molecule has 0 heterocycles. The van der Waals surface area contributed by atoms with Gasteiger partial charge in [0.05, 0.1) is 0 Å². The Morgan fingerprint density at radius 1 is 1.41 bits per heavy atom. The maximum absolute atomic E-state index is 12.8. The molecule has 0 saturated carbocycles. The summed E-state index contributed by atoms with van der Waals surface area (Å²) in [6, 6.07) is 4.63. The normalized spacial score (nSPS) is 10.5. The van der Waals surface area contributed by atoms with Gasteiger partial charge in [-0.15, -0.1) is 0 Å². The Labute approximate surface area is 109 Å². The van der Waals surface area contributed by atoms with E-state index in [1.807, 2.05) is 0 Å². The van der Waals surface area contributed by atoms with E-state index in [4.69, 9.17) is 5.73 Å². The summed E-state index contributed by atoms with van der Waals surface area (Å²) >= 11 is 3.31. The molecule has 0 atom stereocenters. The van der Waals surface area contributed by atoms with Crippen molar-refractivity contribution in [3.63, 3.8) is 0 Å². The van der Waals surface area contributed by atoms with Gasteiger partial charge in [0.1, 0.15) is 5.82 Å². The van der Waals surface area contributed by atoms with Gasteiger partial charge in [0.2, 0.25) is 5.91 Å². The summed E-state index contributed by atoms with van der Waals surface area (Å²) in [5.74, 6) is -0.506. The maximum Gasteiger partial charge on any atom is 0.217 e. The van der Waals surface area contributed by atoms with E-state index in [-0.39, 0.29) is 11.7 Å². The van der Waals surface area contributed by atoms with Crippen LogP contribution in [0.25, 0.3) is 0 Å². The van der Waals surface area contributed by atoms with Crippen LogP contribution in [0, 0.1) is 5.82 Å². The van der Waals surface area contributed by atoms with Crippen LogP contribution in [-0.2, 0) is 11.3 Å². The highest BCUT2D eigenvalue weighted by atomic mass is 79.9. The Morgan fingerprint density at radius 3 is 2.82 bits per heavy atom. The second kappa shape index (κ2) is 7.40. The van der Waals surface area contributed by atoms with E-state index in [1.165, 1.54) is 12.1 Å². The van der Waals surface area contributed by atoms with Gasteiger partial charge in [0.25, 0.3) is 0 Å². The molecule has 0 saturated heterocycles. The van der Waals surface area contributed by atoms with E-state index >= 15 is 0 Å². The zero-order chi connectivity index (χ0) is 12.7. The minimum Gasteiger partial charge on any atom is -0.370 e. The molecular weight excluding hydrogens is 287 g/mol. The number of hydrogen-bond donors (Lipinski definition) is 2. The summed E-state index contributed by atoms with van der Waals surface area (Å²) in [6.45, 7) is 1.49. The smallest absolute Gasteiger partial charge is 0.217 e. The SMILES string of the molecule is NC(=O)CCCCNCc1ccc(F)cc1Br. The van der Waals surface area contributed by atoms with Crippen LogP contribution in [0.1, 0.15) is 24.8 Å². The molecule has 17 heavy (non-hydrogen) atoms. The van der Waals surface area contributed by atoms with Gasteiger partial charge in [0, 0.05) is 17.4 Å². The maximum atomic E-state index is 12.8. The lowest BCUT2D eigenvalue weighted by Crippen LogP contribution is -2.16. The van der Waals surface area contributed by atoms with E-state index in [9.17, 15) is 9.18 Å². The zero-order valence-corrected chi connectivity index (χ0v) is 11.1. The minimum atomic E-state index is -0.258.